The van der Waals surface area contributed by atoms with Crippen molar-refractivity contribution in [1.82, 2.24) is 4.90 Å². The highest BCUT2D eigenvalue weighted by molar-refractivity contribution is 8.03. The molecule has 0 unspecified atom stereocenters. The summed E-state index contributed by atoms with van der Waals surface area (Å²) >= 11 is 8.20. The van der Waals surface area contributed by atoms with Gasteiger partial charge in [0.1, 0.15) is 5.75 Å². The van der Waals surface area contributed by atoms with Crippen LogP contribution in [0.5, 0.6) is 5.75 Å². The number of carbonyl (C=O) groups is 1. The van der Waals surface area contributed by atoms with Gasteiger partial charge in [-0.3, -0.25) is 4.79 Å². The molecule has 0 atom stereocenters. The third-order valence-electron chi connectivity index (χ3n) is 6.87. The molecule has 3 rings (SSSR count). The lowest BCUT2D eigenvalue weighted by Gasteiger charge is -2.15. The Labute approximate surface area is 239 Å². The third-order valence-corrected chi connectivity index (χ3v) is 8.20. The normalized spacial score (nSPS) is 13.0. The molecule has 38 heavy (non-hydrogen) atoms. The highest BCUT2D eigenvalue weighted by Gasteiger charge is 2.12. The van der Waals surface area contributed by atoms with E-state index in [4.69, 9.17) is 16.3 Å². The number of halogens is 1. The topological polar surface area (TPSA) is 41.6 Å². The number of hydrogen-bond donors (Lipinski definition) is 1. The molecule has 1 amide bonds. The number of carbonyl (C=O) groups excluding carboxylic acids is 1. The number of hydrogen-bond acceptors (Lipinski definition) is 4. The van der Waals surface area contributed by atoms with Gasteiger partial charge in [0, 0.05) is 24.0 Å². The van der Waals surface area contributed by atoms with E-state index in [0.29, 0.717) is 22.9 Å². The van der Waals surface area contributed by atoms with Crippen LogP contribution in [-0.2, 0) is 6.54 Å². The van der Waals surface area contributed by atoms with E-state index < -0.39 is 0 Å². The van der Waals surface area contributed by atoms with Gasteiger partial charge in [0.2, 0.25) is 0 Å². The Morgan fingerprint density at radius 3 is 2.16 bits per heavy atom. The standard InChI is InChI=1S/C32H45ClN2O2S/c1-3-4-5-6-7-8-9-10-11-12-13-14-21-37-31-22-28(17-20-30(31)33)32(36)34-29-18-15-27(16-19-29)24-35-23-26(2)38-25-35/h15-20,22-23H,3-14,21,24-25H2,1-2H3,(H,34,36). The minimum atomic E-state index is -0.167. The second-order valence-electron chi connectivity index (χ2n) is 10.3. The zero-order valence-electron chi connectivity index (χ0n) is 23.3. The summed E-state index contributed by atoms with van der Waals surface area (Å²) in [5.41, 5.74) is 2.53. The molecule has 0 radical (unpaired) electrons. The van der Waals surface area contributed by atoms with Crippen LogP contribution in [0.4, 0.5) is 5.69 Å². The van der Waals surface area contributed by atoms with Crippen molar-refractivity contribution in [3.05, 3.63) is 69.7 Å². The maximum absolute atomic E-state index is 12.8. The van der Waals surface area contributed by atoms with Crippen molar-refractivity contribution in [3.63, 3.8) is 0 Å². The Bertz CT molecular complexity index is 1010. The van der Waals surface area contributed by atoms with E-state index in [1.54, 1.807) is 18.2 Å². The van der Waals surface area contributed by atoms with Crippen LogP contribution in [-0.4, -0.2) is 23.3 Å². The largest absolute Gasteiger partial charge is 0.492 e. The summed E-state index contributed by atoms with van der Waals surface area (Å²) in [5, 5.41) is 3.52. The predicted molar refractivity (Wildman–Crippen MR) is 164 cm³/mol. The molecule has 6 heteroatoms. The monoisotopic (exact) mass is 556 g/mol. The summed E-state index contributed by atoms with van der Waals surface area (Å²) < 4.78 is 5.93. The molecule has 0 saturated carbocycles. The van der Waals surface area contributed by atoms with Crippen molar-refractivity contribution in [1.29, 1.82) is 0 Å². The molecule has 0 aliphatic carbocycles. The van der Waals surface area contributed by atoms with Crippen molar-refractivity contribution >= 4 is 35.0 Å². The zero-order valence-corrected chi connectivity index (χ0v) is 24.8. The molecular weight excluding hydrogens is 512 g/mol. The molecule has 208 valence electrons. The van der Waals surface area contributed by atoms with E-state index in [9.17, 15) is 4.79 Å². The fourth-order valence-electron chi connectivity index (χ4n) is 4.62. The molecule has 0 saturated heterocycles. The van der Waals surface area contributed by atoms with Crippen LogP contribution in [0.15, 0.2) is 53.6 Å². The molecule has 1 aliphatic heterocycles. The molecule has 0 aromatic heterocycles. The van der Waals surface area contributed by atoms with Crippen LogP contribution >= 0.6 is 23.4 Å². The molecule has 0 fully saturated rings. The summed E-state index contributed by atoms with van der Waals surface area (Å²) in [6, 6.07) is 13.2. The second-order valence-corrected chi connectivity index (χ2v) is 11.9. The highest BCUT2D eigenvalue weighted by atomic mass is 35.5. The van der Waals surface area contributed by atoms with Gasteiger partial charge in [0.05, 0.1) is 17.5 Å². The SMILES string of the molecule is CCCCCCCCCCCCCCOc1cc(C(=O)Nc2ccc(CN3C=C(C)SC3)cc2)ccc1Cl. The van der Waals surface area contributed by atoms with Gasteiger partial charge in [-0.25, -0.2) is 0 Å². The molecule has 0 bridgehead atoms. The van der Waals surface area contributed by atoms with Gasteiger partial charge in [-0.05, 0) is 54.1 Å². The van der Waals surface area contributed by atoms with Crippen LogP contribution < -0.4 is 10.1 Å². The predicted octanol–water partition coefficient (Wildman–Crippen LogP) is 10.0. The summed E-state index contributed by atoms with van der Waals surface area (Å²) in [4.78, 5) is 16.5. The molecule has 2 aromatic carbocycles. The summed E-state index contributed by atoms with van der Waals surface area (Å²) in [6.45, 7) is 5.89. The van der Waals surface area contributed by atoms with Crippen molar-refractivity contribution in [2.24, 2.45) is 0 Å². The molecule has 4 nitrogen and oxygen atoms in total. The van der Waals surface area contributed by atoms with Crippen molar-refractivity contribution in [3.8, 4) is 5.75 Å². The number of rotatable bonds is 18. The Morgan fingerprint density at radius 1 is 0.921 bits per heavy atom. The lowest BCUT2D eigenvalue weighted by Crippen LogP contribution is -2.13. The summed E-state index contributed by atoms with van der Waals surface area (Å²) in [5.74, 6) is 1.40. The van der Waals surface area contributed by atoms with E-state index in [1.165, 1.54) is 74.7 Å². The number of ether oxygens (including phenoxy) is 1. The first-order chi connectivity index (χ1) is 18.5. The first kappa shape index (κ1) is 30.4. The average molecular weight is 557 g/mol. The number of anilines is 1. The van der Waals surface area contributed by atoms with Gasteiger partial charge in [0.15, 0.2) is 0 Å². The van der Waals surface area contributed by atoms with E-state index in [1.807, 2.05) is 23.9 Å². The smallest absolute Gasteiger partial charge is 0.255 e. The zero-order chi connectivity index (χ0) is 27.0. The number of nitrogens with zero attached hydrogens (tertiary/aromatic N) is 1. The Morgan fingerprint density at radius 2 is 1.55 bits per heavy atom. The number of thioether (sulfide) groups is 1. The highest BCUT2D eigenvalue weighted by Crippen LogP contribution is 2.28. The molecule has 2 aromatic rings. The maximum atomic E-state index is 12.8. The van der Waals surface area contributed by atoms with Gasteiger partial charge < -0.3 is 15.0 Å². The van der Waals surface area contributed by atoms with Gasteiger partial charge in [-0.1, -0.05) is 101 Å². The maximum Gasteiger partial charge on any atom is 0.255 e. The Hall–Kier alpha value is -2.11. The van der Waals surface area contributed by atoms with Gasteiger partial charge in [0.25, 0.3) is 5.91 Å². The van der Waals surface area contributed by atoms with Gasteiger partial charge in [-0.2, -0.15) is 0 Å². The Balaban J connectivity index is 1.32. The molecule has 1 aliphatic rings. The molecular formula is C32H45ClN2O2S. The van der Waals surface area contributed by atoms with Crippen molar-refractivity contribution < 1.29 is 9.53 Å². The first-order valence-corrected chi connectivity index (χ1v) is 15.8. The molecule has 1 heterocycles. The van der Waals surface area contributed by atoms with Crippen molar-refractivity contribution in [2.75, 3.05) is 17.8 Å². The lowest BCUT2D eigenvalue weighted by atomic mass is 10.1. The fourth-order valence-corrected chi connectivity index (χ4v) is 5.55. The summed E-state index contributed by atoms with van der Waals surface area (Å²) in [7, 11) is 0. The molecule has 0 spiro atoms. The van der Waals surface area contributed by atoms with E-state index in [0.717, 1.165) is 31.0 Å². The van der Waals surface area contributed by atoms with Crippen molar-refractivity contribution in [2.45, 2.75) is 97.4 Å². The number of nitrogens with one attached hydrogen (secondary N) is 1. The minimum absolute atomic E-state index is 0.167. The second kappa shape index (κ2) is 17.5. The van der Waals surface area contributed by atoms with Crippen LogP contribution in [0.1, 0.15) is 107 Å². The van der Waals surface area contributed by atoms with E-state index in [2.05, 4.69) is 42.4 Å². The average Bonchev–Trinajstić information content (AvgIpc) is 3.33. The molecule has 1 N–H and O–H groups in total. The van der Waals surface area contributed by atoms with Crippen LogP contribution in [0, 0.1) is 0 Å². The van der Waals surface area contributed by atoms with Crippen LogP contribution in [0.2, 0.25) is 5.02 Å². The summed E-state index contributed by atoms with van der Waals surface area (Å²) in [6.07, 6.45) is 17.9. The minimum Gasteiger partial charge on any atom is -0.492 e. The van der Waals surface area contributed by atoms with Crippen LogP contribution in [0.25, 0.3) is 0 Å². The Kier molecular flexibility index (Phi) is 14.0. The van der Waals surface area contributed by atoms with Crippen LogP contribution in [0.3, 0.4) is 0 Å². The quantitative estimate of drug-likeness (QED) is 0.185. The lowest BCUT2D eigenvalue weighted by molar-refractivity contribution is 0.102. The third kappa shape index (κ3) is 11.3. The number of benzene rings is 2. The number of allylic oxidation sites excluding steroid dienone is 1. The van der Waals surface area contributed by atoms with Gasteiger partial charge >= 0.3 is 0 Å². The van der Waals surface area contributed by atoms with E-state index >= 15 is 0 Å². The van der Waals surface area contributed by atoms with E-state index in [-0.39, 0.29) is 5.91 Å². The number of unbranched alkanes of at least 4 members (excludes halogenated alkanes) is 11. The fraction of sp³-hybridized carbons (Fsp3) is 0.531. The van der Waals surface area contributed by atoms with Gasteiger partial charge in [-0.15, -0.1) is 11.8 Å². The number of amides is 1. The first-order valence-electron chi connectivity index (χ1n) is 14.4.